The fourth-order valence-corrected chi connectivity index (χ4v) is 3.47. The average Bonchev–Trinajstić information content (AvgIpc) is 3.08. The minimum absolute atomic E-state index is 0.00554. The first kappa shape index (κ1) is 15.7. The van der Waals surface area contributed by atoms with Gasteiger partial charge in [-0.05, 0) is 50.5 Å². The fourth-order valence-electron chi connectivity index (χ4n) is 3.47. The molecular formula is C18H20N6O. The Morgan fingerprint density at radius 2 is 2.12 bits per heavy atom. The van der Waals surface area contributed by atoms with Gasteiger partial charge in [-0.3, -0.25) is 9.78 Å². The van der Waals surface area contributed by atoms with E-state index in [9.17, 15) is 4.79 Å². The van der Waals surface area contributed by atoms with E-state index in [4.69, 9.17) is 0 Å². The number of likely N-dealkylation sites (tertiary alicyclic amines) is 1. The highest BCUT2D eigenvalue weighted by atomic mass is 16.2. The van der Waals surface area contributed by atoms with Crippen molar-refractivity contribution in [3.63, 3.8) is 0 Å². The van der Waals surface area contributed by atoms with Gasteiger partial charge in [0, 0.05) is 30.9 Å². The number of carbonyl (C=O) groups is 1. The van der Waals surface area contributed by atoms with Crippen molar-refractivity contribution in [3.05, 3.63) is 53.4 Å². The van der Waals surface area contributed by atoms with Crippen LogP contribution >= 0.6 is 0 Å². The Hall–Kier alpha value is -2.83. The molecule has 0 N–H and O–H groups in total. The maximum Gasteiger partial charge on any atom is 0.272 e. The van der Waals surface area contributed by atoms with Crippen LogP contribution in [0.1, 0.15) is 46.2 Å². The van der Waals surface area contributed by atoms with Gasteiger partial charge >= 0.3 is 0 Å². The third-order valence-corrected chi connectivity index (χ3v) is 4.67. The van der Waals surface area contributed by atoms with Gasteiger partial charge in [0.2, 0.25) is 0 Å². The Kier molecular flexibility index (Phi) is 3.91. The van der Waals surface area contributed by atoms with Crippen molar-refractivity contribution in [3.8, 4) is 0 Å². The zero-order valence-electron chi connectivity index (χ0n) is 14.4. The number of hydrogen-bond donors (Lipinski definition) is 0. The van der Waals surface area contributed by atoms with E-state index in [1.165, 1.54) is 6.33 Å². The summed E-state index contributed by atoms with van der Waals surface area (Å²) in [6, 6.07) is 5.79. The molecular weight excluding hydrogens is 316 g/mol. The van der Waals surface area contributed by atoms with Crippen molar-refractivity contribution in [1.29, 1.82) is 0 Å². The monoisotopic (exact) mass is 336 g/mol. The van der Waals surface area contributed by atoms with Crippen LogP contribution in [-0.4, -0.2) is 48.5 Å². The van der Waals surface area contributed by atoms with E-state index in [-0.39, 0.29) is 11.8 Å². The van der Waals surface area contributed by atoms with Crippen molar-refractivity contribution in [2.45, 2.75) is 32.6 Å². The molecule has 1 atom stereocenters. The van der Waals surface area contributed by atoms with Crippen LogP contribution in [0.3, 0.4) is 0 Å². The molecule has 0 spiro atoms. The molecule has 0 aliphatic carbocycles. The maximum atomic E-state index is 12.8. The summed E-state index contributed by atoms with van der Waals surface area (Å²) in [5.41, 5.74) is 3.53. The Morgan fingerprint density at radius 3 is 2.96 bits per heavy atom. The van der Waals surface area contributed by atoms with Gasteiger partial charge in [0.1, 0.15) is 12.0 Å². The molecule has 0 bridgehead atoms. The quantitative estimate of drug-likeness (QED) is 0.717. The molecule has 3 aromatic heterocycles. The number of rotatable bonds is 2. The average molecular weight is 336 g/mol. The minimum Gasteiger partial charge on any atom is -0.337 e. The lowest BCUT2D eigenvalue weighted by Crippen LogP contribution is -2.40. The predicted molar refractivity (Wildman–Crippen MR) is 92.4 cm³/mol. The number of fused-ring (bicyclic) bond motifs is 1. The van der Waals surface area contributed by atoms with Gasteiger partial charge in [-0.15, -0.1) is 0 Å². The molecule has 0 saturated carbocycles. The second-order valence-electron chi connectivity index (χ2n) is 6.60. The third kappa shape index (κ3) is 2.97. The Labute approximate surface area is 145 Å². The Morgan fingerprint density at radius 1 is 1.24 bits per heavy atom. The highest BCUT2D eigenvalue weighted by Gasteiger charge is 2.28. The summed E-state index contributed by atoms with van der Waals surface area (Å²) >= 11 is 0. The smallest absolute Gasteiger partial charge is 0.272 e. The molecule has 7 heteroatoms. The van der Waals surface area contributed by atoms with Crippen LogP contribution in [0.15, 0.2) is 30.7 Å². The van der Waals surface area contributed by atoms with E-state index in [2.05, 4.69) is 20.1 Å². The topological polar surface area (TPSA) is 76.3 Å². The number of hydrogen-bond acceptors (Lipinski definition) is 5. The largest absolute Gasteiger partial charge is 0.337 e. The summed E-state index contributed by atoms with van der Waals surface area (Å²) in [6.07, 6.45) is 5.19. The van der Waals surface area contributed by atoms with Gasteiger partial charge < -0.3 is 4.90 Å². The normalized spacial score (nSPS) is 17.8. The zero-order valence-corrected chi connectivity index (χ0v) is 14.4. The SMILES string of the molecule is Cc1ccnc(C(=O)N2CCCC(c3cc(C)nc4ncnn34)C2)c1. The third-order valence-electron chi connectivity index (χ3n) is 4.67. The zero-order chi connectivity index (χ0) is 17.4. The number of aromatic nitrogens is 5. The van der Waals surface area contributed by atoms with Crippen LogP contribution in [0.2, 0.25) is 0 Å². The molecule has 0 aromatic carbocycles. The van der Waals surface area contributed by atoms with Crippen molar-refractivity contribution in [2.75, 3.05) is 13.1 Å². The number of carbonyl (C=O) groups excluding carboxylic acids is 1. The highest BCUT2D eigenvalue weighted by Crippen LogP contribution is 2.28. The summed E-state index contributed by atoms with van der Waals surface area (Å²) in [4.78, 5) is 27.6. The van der Waals surface area contributed by atoms with Crippen LogP contribution in [0, 0.1) is 13.8 Å². The second kappa shape index (κ2) is 6.23. The molecule has 1 aliphatic rings. The summed E-state index contributed by atoms with van der Waals surface area (Å²) in [5, 5.41) is 4.30. The fraction of sp³-hybridized carbons (Fsp3) is 0.389. The van der Waals surface area contributed by atoms with E-state index in [1.54, 1.807) is 10.7 Å². The van der Waals surface area contributed by atoms with Gasteiger partial charge in [0.05, 0.1) is 5.69 Å². The molecule has 3 aromatic rings. The molecule has 1 amide bonds. The summed E-state index contributed by atoms with van der Waals surface area (Å²) in [6.45, 7) is 5.35. The van der Waals surface area contributed by atoms with Gasteiger partial charge in [0.25, 0.3) is 11.7 Å². The van der Waals surface area contributed by atoms with E-state index in [0.717, 1.165) is 36.3 Å². The van der Waals surface area contributed by atoms with Crippen molar-refractivity contribution >= 4 is 11.7 Å². The number of aryl methyl sites for hydroxylation is 2. The van der Waals surface area contributed by atoms with E-state index in [0.29, 0.717) is 18.0 Å². The first-order chi connectivity index (χ1) is 12.1. The van der Waals surface area contributed by atoms with Crippen LogP contribution in [-0.2, 0) is 0 Å². The van der Waals surface area contributed by atoms with E-state index < -0.39 is 0 Å². The van der Waals surface area contributed by atoms with Gasteiger partial charge in [-0.1, -0.05) is 0 Å². The van der Waals surface area contributed by atoms with E-state index in [1.807, 2.05) is 36.9 Å². The van der Waals surface area contributed by atoms with Crippen LogP contribution in [0.5, 0.6) is 0 Å². The number of amides is 1. The Bertz CT molecular complexity index is 934. The lowest BCUT2D eigenvalue weighted by atomic mass is 9.93. The first-order valence-corrected chi connectivity index (χ1v) is 8.51. The van der Waals surface area contributed by atoms with Gasteiger partial charge in [-0.25, -0.2) is 9.50 Å². The summed E-state index contributed by atoms with van der Waals surface area (Å²) in [7, 11) is 0. The molecule has 128 valence electrons. The summed E-state index contributed by atoms with van der Waals surface area (Å²) < 4.78 is 1.79. The Balaban J connectivity index is 1.62. The summed E-state index contributed by atoms with van der Waals surface area (Å²) in [5.74, 6) is 0.821. The molecule has 4 heterocycles. The van der Waals surface area contributed by atoms with Crippen molar-refractivity contribution in [1.82, 2.24) is 29.5 Å². The minimum atomic E-state index is -0.00554. The number of nitrogens with zero attached hydrogens (tertiary/aromatic N) is 6. The van der Waals surface area contributed by atoms with Crippen molar-refractivity contribution < 1.29 is 4.79 Å². The van der Waals surface area contributed by atoms with Crippen LogP contribution in [0.25, 0.3) is 5.78 Å². The maximum absolute atomic E-state index is 12.8. The lowest BCUT2D eigenvalue weighted by molar-refractivity contribution is 0.0699. The molecule has 1 unspecified atom stereocenters. The van der Waals surface area contributed by atoms with Gasteiger partial charge in [0.15, 0.2) is 0 Å². The van der Waals surface area contributed by atoms with Crippen LogP contribution in [0.4, 0.5) is 0 Å². The highest BCUT2D eigenvalue weighted by molar-refractivity contribution is 5.92. The molecule has 1 saturated heterocycles. The second-order valence-corrected chi connectivity index (χ2v) is 6.60. The molecule has 1 fully saturated rings. The lowest BCUT2D eigenvalue weighted by Gasteiger charge is -2.32. The standard InChI is InChI=1S/C18H20N6O/c1-12-5-6-19-15(8-12)17(25)23-7-3-4-14(10-23)16-9-13(2)22-18-20-11-21-24(16)18/h5-6,8-9,11,14H,3-4,7,10H2,1-2H3. The molecule has 4 rings (SSSR count). The van der Waals surface area contributed by atoms with Gasteiger partial charge in [-0.2, -0.15) is 10.1 Å². The first-order valence-electron chi connectivity index (χ1n) is 8.51. The van der Waals surface area contributed by atoms with Crippen LogP contribution < -0.4 is 0 Å². The molecule has 7 nitrogen and oxygen atoms in total. The van der Waals surface area contributed by atoms with Crippen molar-refractivity contribution in [2.24, 2.45) is 0 Å². The number of pyridine rings is 1. The van der Waals surface area contributed by atoms with E-state index >= 15 is 0 Å². The molecule has 25 heavy (non-hydrogen) atoms. The predicted octanol–water partition coefficient (Wildman–Crippen LogP) is 2.16. The molecule has 1 aliphatic heterocycles. The molecule has 0 radical (unpaired) electrons. The number of piperidine rings is 1.